The van der Waals surface area contributed by atoms with E-state index in [2.05, 4.69) is 34.9 Å². The van der Waals surface area contributed by atoms with Gasteiger partial charge in [0.15, 0.2) is 0 Å². The van der Waals surface area contributed by atoms with Gasteiger partial charge in [0.25, 0.3) is 0 Å². The quantitative estimate of drug-likeness (QED) is 0.510. The van der Waals surface area contributed by atoms with Crippen LogP contribution >= 0.6 is 0 Å². The van der Waals surface area contributed by atoms with Crippen LogP contribution in [0.5, 0.6) is 0 Å². The number of quaternary nitrogens is 1. The van der Waals surface area contributed by atoms with Crippen molar-refractivity contribution in [3.05, 3.63) is 0 Å². The molecule has 0 heterocycles. The van der Waals surface area contributed by atoms with Crippen molar-refractivity contribution in [2.45, 2.75) is 20.8 Å². The molecule has 0 fully saturated rings. The average Bonchev–Trinajstić information content (AvgIpc) is 1.63. The van der Waals surface area contributed by atoms with Gasteiger partial charge in [-0.05, 0) is 6.92 Å². The Balaban J connectivity index is 3.58. The summed E-state index contributed by atoms with van der Waals surface area (Å²) in [5.74, 6) is 0.819. The summed E-state index contributed by atoms with van der Waals surface area (Å²) in [5.41, 5.74) is 0. The van der Waals surface area contributed by atoms with Gasteiger partial charge in [0.2, 0.25) is 0 Å². The molecule has 0 bridgehead atoms. The molecule has 0 amide bonds. The molecule has 0 unspecified atom stereocenters. The van der Waals surface area contributed by atoms with Crippen molar-refractivity contribution in [1.29, 1.82) is 0 Å². The van der Waals surface area contributed by atoms with Gasteiger partial charge in [-0.2, -0.15) is 0 Å². The van der Waals surface area contributed by atoms with Gasteiger partial charge in [-0.25, -0.2) is 0 Å². The van der Waals surface area contributed by atoms with E-state index in [9.17, 15) is 0 Å². The van der Waals surface area contributed by atoms with E-state index in [1.807, 2.05) is 0 Å². The Morgan fingerprint density at radius 1 is 1.22 bits per heavy atom. The molecular weight excluding hydrogens is 110 g/mol. The lowest BCUT2D eigenvalue weighted by atomic mass is 10.2. The zero-order valence-corrected chi connectivity index (χ0v) is 7.44. The molecule has 0 aliphatic heterocycles. The fraction of sp³-hybridized carbons (Fsp3) is 1.00. The molecule has 0 radical (unpaired) electrons. The first kappa shape index (κ1) is 8.96. The molecule has 1 nitrogen and oxygen atoms in total. The maximum Gasteiger partial charge on any atom is 0.0805 e. The number of hydrogen-bond donors (Lipinski definition) is 0. The van der Waals surface area contributed by atoms with Crippen molar-refractivity contribution < 1.29 is 4.48 Å². The number of hydrogen-bond acceptors (Lipinski definition) is 0. The zero-order chi connectivity index (χ0) is 7.49. The van der Waals surface area contributed by atoms with Crippen LogP contribution in [0.25, 0.3) is 0 Å². The maximum absolute atomic E-state index is 2.28. The Kier molecular flexibility index (Phi) is 3.20. The third kappa shape index (κ3) is 4.46. The monoisotopic (exact) mass is 130 g/mol. The molecule has 56 valence electrons. The molecule has 0 N–H and O–H groups in total. The normalized spacial score (nSPS) is 12.7. The molecule has 0 aromatic heterocycles. The van der Waals surface area contributed by atoms with Crippen molar-refractivity contribution in [3.63, 3.8) is 0 Å². The summed E-state index contributed by atoms with van der Waals surface area (Å²) in [6, 6.07) is 0. The van der Waals surface area contributed by atoms with E-state index in [-0.39, 0.29) is 0 Å². The minimum absolute atomic E-state index is 0.819. The first-order valence-electron chi connectivity index (χ1n) is 3.80. The highest BCUT2D eigenvalue weighted by Crippen LogP contribution is 2.02. The van der Waals surface area contributed by atoms with E-state index < -0.39 is 0 Å². The van der Waals surface area contributed by atoms with E-state index in [0.29, 0.717) is 0 Å². The molecule has 0 aromatic carbocycles. The molecule has 0 saturated carbocycles. The first-order chi connectivity index (χ1) is 3.98. The Morgan fingerprint density at radius 2 is 1.67 bits per heavy atom. The second-order valence-electron chi connectivity index (χ2n) is 3.83. The highest BCUT2D eigenvalue weighted by Gasteiger charge is 2.12. The molecular formula is C8H20N+. The fourth-order valence-electron chi connectivity index (χ4n) is 1.12. The molecule has 0 atom stereocenters. The van der Waals surface area contributed by atoms with Crippen molar-refractivity contribution in [3.8, 4) is 0 Å². The van der Waals surface area contributed by atoms with E-state index in [1.54, 1.807) is 0 Å². The topological polar surface area (TPSA) is 0 Å². The van der Waals surface area contributed by atoms with Crippen LogP contribution in [0.3, 0.4) is 0 Å². The van der Waals surface area contributed by atoms with Crippen LogP contribution in [-0.2, 0) is 0 Å². The molecule has 1 heteroatoms. The number of rotatable bonds is 3. The summed E-state index contributed by atoms with van der Waals surface area (Å²) in [7, 11) is 4.56. The fourth-order valence-corrected chi connectivity index (χ4v) is 1.12. The van der Waals surface area contributed by atoms with E-state index in [0.717, 1.165) is 10.4 Å². The first-order valence-corrected chi connectivity index (χ1v) is 3.80. The lowest BCUT2D eigenvalue weighted by Gasteiger charge is -2.29. The van der Waals surface area contributed by atoms with Crippen LogP contribution in [-0.4, -0.2) is 31.7 Å². The van der Waals surface area contributed by atoms with Crippen molar-refractivity contribution >= 4 is 0 Å². The van der Waals surface area contributed by atoms with Gasteiger partial charge in [-0.1, -0.05) is 13.8 Å². The van der Waals surface area contributed by atoms with Gasteiger partial charge < -0.3 is 4.48 Å². The lowest BCUT2D eigenvalue weighted by molar-refractivity contribution is -0.891. The minimum Gasteiger partial charge on any atom is -0.328 e. The lowest BCUT2D eigenvalue weighted by Crippen LogP contribution is -2.42. The van der Waals surface area contributed by atoms with Gasteiger partial charge in [0.05, 0.1) is 27.2 Å². The van der Waals surface area contributed by atoms with Gasteiger partial charge in [-0.3, -0.25) is 0 Å². The van der Waals surface area contributed by atoms with Crippen LogP contribution in [0.2, 0.25) is 0 Å². The second kappa shape index (κ2) is 3.21. The second-order valence-corrected chi connectivity index (χ2v) is 3.83. The van der Waals surface area contributed by atoms with Gasteiger partial charge in [-0.15, -0.1) is 0 Å². The van der Waals surface area contributed by atoms with Gasteiger partial charge in [0.1, 0.15) is 0 Å². The smallest absolute Gasteiger partial charge is 0.0805 e. The SMILES string of the molecule is CC[N+](C)(C)CC(C)C. The molecule has 0 rings (SSSR count). The third-order valence-electron chi connectivity index (χ3n) is 1.72. The molecule has 0 aliphatic carbocycles. The predicted octanol–water partition coefficient (Wildman–Crippen LogP) is 1.74. The number of nitrogens with zero attached hydrogens (tertiary/aromatic N) is 1. The zero-order valence-electron chi connectivity index (χ0n) is 7.44. The third-order valence-corrected chi connectivity index (χ3v) is 1.72. The van der Waals surface area contributed by atoms with Crippen molar-refractivity contribution in [2.75, 3.05) is 27.2 Å². The minimum atomic E-state index is 0.819. The standard InChI is InChI=1S/C8H20N/c1-6-9(4,5)7-8(2)3/h8H,6-7H2,1-5H3/q+1. The summed E-state index contributed by atoms with van der Waals surface area (Å²) in [6.07, 6.45) is 0. The van der Waals surface area contributed by atoms with Crippen LogP contribution in [0.4, 0.5) is 0 Å². The highest BCUT2D eigenvalue weighted by atomic mass is 15.3. The van der Waals surface area contributed by atoms with Crippen LogP contribution < -0.4 is 0 Å². The van der Waals surface area contributed by atoms with Gasteiger partial charge >= 0.3 is 0 Å². The Morgan fingerprint density at radius 3 is 1.78 bits per heavy atom. The van der Waals surface area contributed by atoms with Crippen LogP contribution in [0, 0.1) is 5.92 Å². The largest absolute Gasteiger partial charge is 0.328 e. The van der Waals surface area contributed by atoms with Crippen LogP contribution in [0.1, 0.15) is 20.8 Å². The van der Waals surface area contributed by atoms with Crippen molar-refractivity contribution in [1.82, 2.24) is 0 Å². The summed E-state index contributed by atoms with van der Waals surface area (Å²) >= 11 is 0. The average molecular weight is 130 g/mol. The van der Waals surface area contributed by atoms with E-state index >= 15 is 0 Å². The Labute approximate surface area is 59.3 Å². The Hall–Kier alpha value is -0.0400. The van der Waals surface area contributed by atoms with Crippen LogP contribution in [0.15, 0.2) is 0 Å². The summed E-state index contributed by atoms with van der Waals surface area (Å²) < 4.78 is 1.15. The molecule has 0 saturated heterocycles. The van der Waals surface area contributed by atoms with E-state index in [4.69, 9.17) is 0 Å². The molecule has 0 aromatic rings. The molecule has 0 aliphatic rings. The maximum atomic E-state index is 2.28. The summed E-state index contributed by atoms with van der Waals surface area (Å²) in [6.45, 7) is 9.31. The van der Waals surface area contributed by atoms with E-state index in [1.165, 1.54) is 13.1 Å². The Bertz CT molecular complexity index is 74.6. The summed E-state index contributed by atoms with van der Waals surface area (Å²) in [5, 5.41) is 0. The predicted molar refractivity (Wildman–Crippen MR) is 42.4 cm³/mol. The summed E-state index contributed by atoms with van der Waals surface area (Å²) in [4.78, 5) is 0. The highest BCUT2D eigenvalue weighted by molar-refractivity contribution is 4.39. The van der Waals surface area contributed by atoms with Gasteiger partial charge in [0, 0.05) is 5.92 Å². The molecule has 0 spiro atoms. The molecule has 9 heavy (non-hydrogen) atoms. The van der Waals surface area contributed by atoms with Crippen molar-refractivity contribution in [2.24, 2.45) is 5.92 Å².